The second-order valence-corrected chi connectivity index (χ2v) is 5.77. The molecule has 2 unspecified atom stereocenters. The molecule has 1 saturated heterocycles. The Morgan fingerprint density at radius 3 is 2.90 bits per heavy atom. The Hall–Kier alpha value is -0.610. The van der Waals surface area contributed by atoms with Gasteiger partial charge in [-0.3, -0.25) is 0 Å². The molecular weight excluding hydrogens is 272 g/mol. The Bertz CT molecular complexity index is 413. The van der Waals surface area contributed by atoms with E-state index in [1.54, 1.807) is 7.11 Å². The topological polar surface area (TPSA) is 24.5 Å². The summed E-state index contributed by atoms with van der Waals surface area (Å²) in [6, 6.07) is 8.46. The Morgan fingerprint density at radius 1 is 1.45 bits per heavy atom. The van der Waals surface area contributed by atoms with Crippen LogP contribution >= 0.6 is 11.6 Å². The van der Waals surface area contributed by atoms with E-state index in [4.69, 9.17) is 16.3 Å². The summed E-state index contributed by atoms with van der Waals surface area (Å²) in [5, 5.41) is 4.40. The molecule has 0 saturated carbocycles. The zero-order valence-corrected chi connectivity index (χ0v) is 13.2. The van der Waals surface area contributed by atoms with Crippen molar-refractivity contribution in [3.8, 4) is 0 Å². The molecule has 0 aliphatic carbocycles. The largest absolute Gasteiger partial charge is 0.380 e. The van der Waals surface area contributed by atoms with E-state index in [-0.39, 0.29) is 0 Å². The van der Waals surface area contributed by atoms with Crippen molar-refractivity contribution in [2.75, 3.05) is 33.3 Å². The van der Waals surface area contributed by atoms with Crippen molar-refractivity contribution < 1.29 is 4.74 Å². The Labute approximate surface area is 127 Å². The number of nitrogens with one attached hydrogen (secondary N) is 1. The molecule has 3 nitrogen and oxygen atoms in total. The Balaban J connectivity index is 1.92. The number of ether oxygens (including phenoxy) is 1. The molecule has 0 bridgehead atoms. The Morgan fingerprint density at radius 2 is 2.25 bits per heavy atom. The molecule has 0 radical (unpaired) electrons. The van der Waals surface area contributed by atoms with Crippen LogP contribution in [0, 0.1) is 0 Å². The van der Waals surface area contributed by atoms with Gasteiger partial charge in [0.05, 0.1) is 6.10 Å². The summed E-state index contributed by atoms with van der Waals surface area (Å²) in [6.45, 7) is 6.37. The van der Waals surface area contributed by atoms with Gasteiger partial charge >= 0.3 is 0 Å². The van der Waals surface area contributed by atoms with Crippen LogP contribution in [-0.4, -0.2) is 44.3 Å². The highest BCUT2D eigenvalue weighted by molar-refractivity contribution is 6.31. The van der Waals surface area contributed by atoms with E-state index in [0.717, 1.165) is 44.0 Å². The van der Waals surface area contributed by atoms with Gasteiger partial charge in [0.1, 0.15) is 0 Å². The average Bonchev–Trinajstić information content (AvgIpc) is 2.92. The second-order valence-electron chi connectivity index (χ2n) is 5.37. The monoisotopic (exact) mass is 296 g/mol. The molecule has 1 heterocycles. The highest BCUT2D eigenvalue weighted by Crippen LogP contribution is 2.25. The number of hydrogen-bond acceptors (Lipinski definition) is 3. The minimum Gasteiger partial charge on any atom is -0.380 e. The van der Waals surface area contributed by atoms with Gasteiger partial charge in [-0.1, -0.05) is 36.7 Å². The van der Waals surface area contributed by atoms with Crippen molar-refractivity contribution in [2.45, 2.75) is 31.9 Å². The maximum Gasteiger partial charge on any atom is 0.0710 e. The summed E-state index contributed by atoms with van der Waals surface area (Å²) in [7, 11) is 1.80. The molecule has 1 aliphatic rings. The molecule has 112 valence electrons. The number of methoxy groups -OCH3 is 1. The summed E-state index contributed by atoms with van der Waals surface area (Å²) in [6.07, 6.45) is 2.63. The molecule has 1 aliphatic heterocycles. The van der Waals surface area contributed by atoms with E-state index in [9.17, 15) is 0 Å². The normalized spacial score (nSPS) is 21.2. The fraction of sp³-hybridized carbons (Fsp3) is 0.625. The van der Waals surface area contributed by atoms with Crippen LogP contribution in [-0.2, 0) is 4.74 Å². The van der Waals surface area contributed by atoms with Gasteiger partial charge in [-0.15, -0.1) is 0 Å². The van der Waals surface area contributed by atoms with E-state index in [1.165, 1.54) is 5.56 Å². The number of hydrogen-bond donors (Lipinski definition) is 1. The van der Waals surface area contributed by atoms with Crippen LogP contribution in [0.2, 0.25) is 5.02 Å². The van der Waals surface area contributed by atoms with Crippen LogP contribution in [0.25, 0.3) is 0 Å². The number of benzene rings is 1. The molecule has 2 atom stereocenters. The number of likely N-dealkylation sites (tertiary alicyclic amines) is 1. The summed E-state index contributed by atoms with van der Waals surface area (Å²) < 4.78 is 5.42. The predicted molar refractivity (Wildman–Crippen MR) is 84.3 cm³/mol. The van der Waals surface area contributed by atoms with Crippen LogP contribution in [0.1, 0.15) is 31.4 Å². The summed E-state index contributed by atoms with van der Waals surface area (Å²) in [5.74, 6) is 0. The number of halogens is 1. The zero-order valence-electron chi connectivity index (χ0n) is 12.4. The van der Waals surface area contributed by atoms with Crippen molar-refractivity contribution >= 4 is 11.6 Å². The van der Waals surface area contributed by atoms with Gasteiger partial charge in [0.2, 0.25) is 0 Å². The van der Waals surface area contributed by atoms with Crippen molar-refractivity contribution in [2.24, 2.45) is 0 Å². The van der Waals surface area contributed by atoms with Gasteiger partial charge in [-0.05, 0) is 31.0 Å². The van der Waals surface area contributed by atoms with Crippen molar-refractivity contribution in [1.29, 1.82) is 0 Å². The molecule has 1 fully saturated rings. The molecule has 0 amide bonds. The van der Waals surface area contributed by atoms with Crippen LogP contribution in [0.5, 0.6) is 0 Å². The van der Waals surface area contributed by atoms with Crippen LogP contribution < -0.4 is 5.32 Å². The van der Waals surface area contributed by atoms with Gasteiger partial charge in [0.25, 0.3) is 0 Å². The minimum absolute atomic E-state index is 0.329. The van der Waals surface area contributed by atoms with Crippen LogP contribution in [0.4, 0.5) is 0 Å². The number of rotatable bonds is 7. The van der Waals surface area contributed by atoms with E-state index in [0.29, 0.717) is 12.1 Å². The molecule has 0 aromatic heterocycles. The van der Waals surface area contributed by atoms with Crippen LogP contribution in [0.15, 0.2) is 24.3 Å². The average molecular weight is 297 g/mol. The van der Waals surface area contributed by atoms with E-state index in [2.05, 4.69) is 29.3 Å². The van der Waals surface area contributed by atoms with Gasteiger partial charge in [-0.2, -0.15) is 0 Å². The standard InChI is InChI=1S/C16H25ClN2O/c1-3-18-16(14-6-4-5-7-15(14)17)9-11-19-10-8-13(12-19)20-2/h4-7,13,16,18H,3,8-12H2,1-2H3. The third-order valence-electron chi connectivity index (χ3n) is 4.03. The van der Waals surface area contributed by atoms with Gasteiger partial charge in [-0.25, -0.2) is 0 Å². The lowest BCUT2D eigenvalue weighted by atomic mass is 10.0. The lowest BCUT2D eigenvalue weighted by Gasteiger charge is -2.23. The lowest BCUT2D eigenvalue weighted by Crippen LogP contribution is -2.29. The lowest BCUT2D eigenvalue weighted by molar-refractivity contribution is 0.107. The molecule has 1 aromatic carbocycles. The molecule has 1 aromatic rings. The van der Waals surface area contributed by atoms with E-state index in [1.807, 2.05) is 12.1 Å². The van der Waals surface area contributed by atoms with Gasteiger partial charge in [0.15, 0.2) is 0 Å². The molecule has 1 N–H and O–H groups in total. The minimum atomic E-state index is 0.329. The first-order chi connectivity index (χ1) is 9.74. The zero-order chi connectivity index (χ0) is 14.4. The maximum absolute atomic E-state index is 6.32. The summed E-state index contributed by atoms with van der Waals surface area (Å²) >= 11 is 6.32. The highest BCUT2D eigenvalue weighted by atomic mass is 35.5. The van der Waals surface area contributed by atoms with Gasteiger partial charge < -0.3 is 15.0 Å². The number of nitrogens with zero attached hydrogens (tertiary/aromatic N) is 1. The highest BCUT2D eigenvalue weighted by Gasteiger charge is 2.23. The Kier molecular flexibility index (Phi) is 6.30. The first-order valence-corrected chi connectivity index (χ1v) is 7.85. The van der Waals surface area contributed by atoms with Crippen LogP contribution in [0.3, 0.4) is 0 Å². The van der Waals surface area contributed by atoms with Gasteiger partial charge in [0, 0.05) is 37.8 Å². The fourth-order valence-electron chi connectivity index (χ4n) is 2.88. The van der Waals surface area contributed by atoms with E-state index >= 15 is 0 Å². The van der Waals surface area contributed by atoms with Crippen molar-refractivity contribution in [1.82, 2.24) is 10.2 Å². The maximum atomic E-state index is 6.32. The van der Waals surface area contributed by atoms with E-state index < -0.39 is 0 Å². The molecule has 20 heavy (non-hydrogen) atoms. The molecule has 0 spiro atoms. The quantitative estimate of drug-likeness (QED) is 0.837. The first kappa shape index (κ1) is 15.8. The first-order valence-electron chi connectivity index (χ1n) is 7.47. The summed E-state index contributed by atoms with van der Waals surface area (Å²) in [4.78, 5) is 2.48. The SMILES string of the molecule is CCNC(CCN1CCC(OC)C1)c1ccccc1Cl. The molecule has 2 rings (SSSR count). The van der Waals surface area contributed by atoms with Crippen molar-refractivity contribution in [3.05, 3.63) is 34.9 Å². The summed E-state index contributed by atoms with van der Waals surface area (Å²) in [5.41, 5.74) is 1.21. The third kappa shape index (κ3) is 4.19. The predicted octanol–water partition coefficient (Wildman–Crippen LogP) is 3.10. The molecule has 4 heteroatoms. The second kappa shape index (κ2) is 7.99. The smallest absolute Gasteiger partial charge is 0.0710 e. The van der Waals surface area contributed by atoms with Crippen molar-refractivity contribution in [3.63, 3.8) is 0 Å². The third-order valence-corrected chi connectivity index (χ3v) is 4.37. The fourth-order valence-corrected chi connectivity index (χ4v) is 3.14. The molecular formula is C16H25ClN2O.